The van der Waals surface area contributed by atoms with Gasteiger partial charge in [0, 0.05) is 46.8 Å². The summed E-state index contributed by atoms with van der Waals surface area (Å²) in [4.78, 5) is 125. The zero-order valence-electron chi connectivity index (χ0n) is 65.8. The summed E-state index contributed by atoms with van der Waals surface area (Å²) in [7, 11) is 5.67. The van der Waals surface area contributed by atoms with E-state index >= 15 is 4.39 Å². The van der Waals surface area contributed by atoms with Crippen molar-refractivity contribution in [3.63, 3.8) is 0 Å². The molecule has 1 N–H and O–H groups in total. The van der Waals surface area contributed by atoms with Crippen molar-refractivity contribution in [1.29, 1.82) is 0 Å². The fraction of sp³-hybridized carbons (Fsp3) is 0.593. The van der Waals surface area contributed by atoms with Crippen molar-refractivity contribution in [2.75, 3.05) is 28.2 Å². The molecule has 4 rings (SSSR count). The summed E-state index contributed by atoms with van der Waals surface area (Å²) in [6.45, 7) is 36.9. The number of rotatable bonds is 30. The molecule has 0 aliphatic rings. The first-order chi connectivity index (χ1) is 47.2. The Morgan fingerprint density at radius 3 is 1.02 bits per heavy atom. The number of nitrogens with one attached hydrogen (secondary N) is 1. The lowest BCUT2D eigenvalue weighted by molar-refractivity contribution is -0.174. The Labute approximate surface area is 611 Å². The van der Waals surface area contributed by atoms with Crippen molar-refractivity contribution in [2.24, 2.45) is 10.8 Å². The molecular formula is C81H118F2N4O16. The molecule has 0 aliphatic heterocycles. The minimum atomic E-state index is -1.92. The van der Waals surface area contributed by atoms with Gasteiger partial charge in [-0.1, -0.05) is 192 Å². The summed E-state index contributed by atoms with van der Waals surface area (Å²) in [6, 6.07) is 28.5. The molecule has 4 aromatic rings. The molecule has 0 heterocycles. The molecule has 3 amide bonds. The molecular weight excluding hydrogens is 1320 g/mol. The summed E-state index contributed by atoms with van der Waals surface area (Å²) in [5.74, 6) is -6.32. The van der Waals surface area contributed by atoms with Crippen molar-refractivity contribution in [2.45, 2.75) is 273 Å². The van der Waals surface area contributed by atoms with Gasteiger partial charge in [-0.3, -0.25) is 19.3 Å². The number of hydrogen-bond donors (Lipinski definition) is 1. The van der Waals surface area contributed by atoms with Gasteiger partial charge in [0.25, 0.3) is 11.8 Å². The second-order valence-electron chi connectivity index (χ2n) is 33.3. The Balaban J connectivity index is 0.000000540. The number of hydrogen-bond acceptors (Lipinski definition) is 17. The SMILES string of the molecule is CN[C@@H](CC(C)(C)F)C(=O)O[C@H](Cc1ccc(C(C)(C)C)cc1)C(=O)N(C)[C@@H](CC(C)(C)C)C(=O)O[C@H](C)C(=O)OCc1ccccc1.C[C@@H](OC(=O)[C@H](CC(C)(C)C)N(C)C(=O)[C@@H](Cc1ccc(C(C)(C)C)cc1)OC(=O)[C@H](CC(C)(C)F)N(C)C(=O)OC(C)(C)C)C(=O)OCc1ccccc1. The van der Waals surface area contributed by atoms with Crippen LogP contribution in [-0.4, -0.2) is 162 Å². The van der Waals surface area contributed by atoms with Crippen LogP contribution in [0.5, 0.6) is 0 Å². The first-order valence-corrected chi connectivity index (χ1v) is 35.2. The molecule has 0 saturated heterocycles. The zero-order chi connectivity index (χ0) is 78.6. The number of benzene rings is 4. The summed E-state index contributed by atoms with van der Waals surface area (Å²) in [5, 5.41) is 2.79. The monoisotopic (exact) mass is 1440 g/mol. The highest BCUT2D eigenvalue weighted by Gasteiger charge is 2.43. The van der Waals surface area contributed by atoms with Gasteiger partial charge >= 0.3 is 41.9 Å². The Kier molecular flexibility index (Phi) is 32.8. The number of alkyl halides is 2. The molecule has 8 atom stereocenters. The van der Waals surface area contributed by atoms with E-state index in [1.165, 1.54) is 74.6 Å². The van der Waals surface area contributed by atoms with E-state index in [4.69, 9.17) is 33.2 Å². The van der Waals surface area contributed by atoms with E-state index in [0.29, 0.717) is 5.56 Å². The van der Waals surface area contributed by atoms with E-state index in [-0.39, 0.29) is 56.1 Å². The van der Waals surface area contributed by atoms with Gasteiger partial charge in [0.05, 0.1) is 0 Å². The molecule has 0 saturated carbocycles. The highest BCUT2D eigenvalue weighted by Crippen LogP contribution is 2.31. The summed E-state index contributed by atoms with van der Waals surface area (Å²) in [6.07, 6.45) is -6.60. The van der Waals surface area contributed by atoms with Crippen molar-refractivity contribution in [3.8, 4) is 0 Å². The Hall–Kier alpha value is -8.27. The standard InChI is InChI=1S/C43H63FN2O9.C38H55FN2O7/c1-28(36(48)52-27-30-18-16-15-17-19-30)53-37(49)32(25-40(2,3)4)45(13)35(47)34(24-29-20-22-31(23-21-29)41(5,6)7)54-38(50)33(26-43(11,12)44)46(14)39(51)55-42(8,9)10;1-25(33(43)46-24-27-15-13-12-14-16-27)47-35(45)30(23-36(2,3)4)41(11)32(42)31(48-34(44)29(40-10)22-38(8,9)39)21-26-17-19-28(20-18-26)37(5,6)7/h15-23,28,32-34H,24-27H2,1-14H3;12-20,25,29-31,40H,21-24H2,1-11H3/t28-,32+,33+,34-;25-,29+,30+,31-/m11/s1. The summed E-state index contributed by atoms with van der Waals surface area (Å²) < 4.78 is 68.7. The maximum atomic E-state index is 15.2. The van der Waals surface area contributed by atoms with Crippen molar-refractivity contribution in [1.82, 2.24) is 20.0 Å². The van der Waals surface area contributed by atoms with Crippen LogP contribution in [0.25, 0.3) is 0 Å². The van der Waals surface area contributed by atoms with Crippen LogP contribution in [0, 0.1) is 10.8 Å². The van der Waals surface area contributed by atoms with Gasteiger partial charge in [-0.15, -0.1) is 0 Å². The maximum Gasteiger partial charge on any atom is 0.410 e. The number of esters is 6. The third-order valence-electron chi connectivity index (χ3n) is 16.5. The second-order valence-corrected chi connectivity index (χ2v) is 33.3. The number of ether oxygens (including phenoxy) is 7. The Bertz CT molecular complexity index is 3410. The van der Waals surface area contributed by atoms with E-state index in [1.807, 2.05) is 139 Å². The van der Waals surface area contributed by atoms with Crippen molar-refractivity contribution in [3.05, 3.63) is 143 Å². The van der Waals surface area contributed by atoms with Crippen LogP contribution in [0.3, 0.4) is 0 Å². The van der Waals surface area contributed by atoms with E-state index < -0.39 is 136 Å². The summed E-state index contributed by atoms with van der Waals surface area (Å²) in [5.41, 5.74) is -0.612. The van der Waals surface area contributed by atoms with Crippen LogP contribution in [0.1, 0.15) is 204 Å². The molecule has 103 heavy (non-hydrogen) atoms. The molecule has 0 fully saturated rings. The molecule has 0 aliphatic carbocycles. The van der Waals surface area contributed by atoms with Gasteiger partial charge in [-0.05, 0) is 137 Å². The molecule has 0 bridgehead atoms. The van der Waals surface area contributed by atoms with Gasteiger partial charge in [0.15, 0.2) is 24.4 Å². The highest BCUT2D eigenvalue weighted by molar-refractivity contribution is 5.92. The van der Waals surface area contributed by atoms with E-state index in [1.54, 1.807) is 32.9 Å². The van der Waals surface area contributed by atoms with E-state index in [2.05, 4.69) is 46.9 Å². The normalized spacial score (nSPS) is 14.6. The quantitative estimate of drug-likeness (QED) is 0.0377. The van der Waals surface area contributed by atoms with Crippen LogP contribution in [0.15, 0.2) is 109 Å². The lowest BCUT2D eigenvalue weighted by atomic mass is 9.86. The molecule has 20 nitrogen and oxygen atoms in total. The van der Waals surface area contributed by atoms with Crippen LogP contribution < -0.4 is 5.32 Å². The predicted octanol–water partition coefficient (Wildman–Crippen LogP) is 13.9. The zero-order valence-corrected chi connectivity index (χ0v) is 65.8. The molecule has 0 radical (unpaired) electrons. The minimum Gasteiger partial charge on any atom is -0.458 e. The number of carbonyl (C=O) groups is 9. The predicted molar refractivity (Wildman–Crippen MR) is 393 cm³/mol. The van der Waals surface area contributed by atoms with Crippen molar-refractivity contribution < 1.29 is 85.1 Å². The number of amides is 3. The van der Waals surface area contributed by atoms with E-state index in [9.17, 15) is 47.5 Å². The Morgan fingerprint density at radius 1 is 0.398 bits per heavy atom. The van der Waals surface area contributed by atoms with Gasteiger partial charge in [0.2, 0.25) is 0 Å². The lowest BCUT2D eigenvalue weighted by Gasteiger charge is -2.35. The molecule has 4 aromatic carbocycles. The van der Waals surface area contributed by atoms with Gasteiger partial charge in [-0.25, -0.2) is 37.5 Å². The number of carbonyl (C=O) groups excluding carboxylic acids is 9. The molecule has 0 unspecified atom stereocenters. The fourth-order valence-corrected chi connectivity index (χ4v) is 10.6. The van der Waals surface area contributed by atoms with Crippen molar-refractivity contribution >= 4 is 53.7 Å². The van der Waals surface area contributed by atoms with Crippen LogP contribution in [0.4, 0.5) is 13.6 Å². The first kappa shape index (κ1) is 88.9. The average Bonchev–Trinajstić information content (AvgIpc) is 0.810. The largest absolute Gasteiger partial charge is 0.458 e. The van der Waals surface area contributed by atoms with Crippen LogP contribution in [-0.2, 0) is 108 Å². The van der Waals surface area contributed by atoms with Crippen LogP contribution in [0.2, 0.25) is 0 Å². The topological polar surface area (TPSA) is 240 Å². The molecule has 22 heteroatoms. The highest BCUT2D eigenvalue weighted by atomic mass is 19.1. The Morgan fingerprint density at radius 2 is 0.718 bits per heavy atom. The van der Waals surface area contributed by atoms with Crippen LogP contribution >= 0.6 is 0 Å². The summed E-state index contributed by atoms with van der Waals surface area (Å²) >= 11 is 0. The maximum absolute atomic E-state index is 15.2. The number of likely N-dealkylation sites (N-methyl/N-ethyl adjacent to an activating group) is 4. The van der Waals surface area contributed by atoms with Gasteiger partial charge in [0.1, 0.15) is 54.3 Å². The molecule has 572 valence electrons. The number of nitrogens with zero attached hydrogens (tertiary/aromatic N) is 3. The van der Waals surface area contributed by atoms with E-state index in [0.717, 1.165) is 37.6 Å². The number of halogens is 2. The molecule has 0 aromatic heterocycles. The second kappa shape index (κ2) is 38.0. The smallest absolute Gasteiger partial charge is 0.410 e. The minimum absolute atomic E-state index is 0.0150. The average molecular weight is 1440 g/mol. The first-order valence-electron chi connectivity index (χ1n) is 35.2. The van der Waals surface area contributed by atoms with Gasteiger partial charge in [-0.2, -0.15) is 0 Å². The lowest BCUT2D eigenvalue weighted by Crippen LogP contribution is -2.53. The van der Waals surface area contributed by atoms with Gasteiger partial charge < -0.3 is 48.3 Å². The third kappa shape index (κ3) is 32.1. The third-order valence-corrected chi connectivity index (χ3v) is 16.5. The fourth-order valence-electron chi connectivity index (χ4n) is 10.6. The molecule has 0 spiro atoms.